The van der Waals surface area contributed by atoms with E-state index in [-0.39, 0.29) is 5.78 Å². The van der Waals surface area contributed by atoms with Gasteiger partial charge in [-0.3, -0.25) is 4.79 Å². The fourth-order valence-electron chi connectivity index (χ4n) is 1.55. The van der Waals surface area contributed by atoms with E-state index in [9.17, 15) is 4.79 Å². The fraction of sp³-hybridized carbons (Fsp3) is 0.462. The predicted octanol–water partition coefficient (Wildman–Crippen LogP) is 5.32. The third-order valence-corrected chi connectivity index (χ3v) is 4.71. The van der Waals surface area contributed by atoms with E-state index in [1.807, 2.05) is 18.2 Å². The molecule has 0 aromatic heterocycles. The summed E-state index contributed by atoms with van der Waals surface area (Å²) in [6, 6.07) is 9.08. The van der Waals surface area contributed by atoms with Crippen LogP contribution in [0.25, 0.3) is 0 Å². The van der Waals surface area contributed by atoms with Gasteiger partial charge in [0, 0.05) is 17.9 Å². The molecule has 0 spiro atoms. The van der Waals surface area contributed by atoms with Crippen molar-refractivity contribution in [3.63, 3.8) is 0 Å². The topological polar surface area (TPSA) is 26.3 Å². The lowest BCUT2D eigenvalue weighted by Gasteiger charge is -2.24. The zero-order valence-corrected chi connectivity index (χ0v) is 14.0. The molecule has 1 aromatic rings. The summed E-state index contributed by atoms with van der Waals surface area (Å²) in [7, 11) is 15.1. The van der Waals surface area contributed by atoms with Gasteiger partial charge in [-0.15, -0.1) is 0 Å². The minimum absolute atomic E-state index is 0.0469. The number of carbonyl (C=O) groups excluding carboxylic acids is 1. The molecule has 0 saturated carbocycles. The molecule has 1 rings (SSSR count). The van der Waals surface area contributed by atoms with Crippen LogP contribution in [0.15, 0.2) is 30.3 Å². The number of halogens is 3. The van der Waals surface area contributed by atoms with Gasteiger partial charge in [-0.25, -0.2) is 0 Å². The number of Topliss-reactive ketones (excluding diaryl/α,β-unsaturated/α-hetero) is 1. The van der Waals surface area contributed by atoms with Crippen LogP contribution in [0.3, 0.4) is 0 Å². The molecule has 0 aliphatic heterocycles. The first-order chi connectivity index (χ1) is 8.72. The molecule has 0 saturated heterocycles. The Morgan fingerprint density at radius 1 is 1.21 bits per heavy atom. The summed E-state index contributed by atoms with van der Waals surface area (Å²) in [5, 5.41) is 0. The van der Waals surface area contributed by atoms with E-state index >= 15 is 0 Å². The first-order valence-corrected chi connectivity index (χ1v) is 10.1. The predicted molar refractivity (Wildman–Crippen MR) is 85.4 cm³/mol. The molecule has 0 amide bonds. The summed E-state index contributed by atoms with van der Waals surface area (Å²) in [6.45, 7) is 3.90. The van der Waals surface area contributed by atoms with Crippen molar-refractivity contribution in [1.82, 2.24) is 0 Å². The molecule has 19 heavy (non-hydrogen) atoms. The molecule has 108 valence electrons. The van der Waals surface area contributed by atoms with Crippen LogP contribution in [0.5, 0.6) is 0 Å². The highest BCUT2D eigenvalue weighted by Gasteiger charge is 2.29. The highest BCUT2D eigenvalue weighted by atomic mass is 36.2. The third kappa shape index (κ3) is 6.37. The van der Waals surface area contributed by atoms with Crippen LogP contribution in [0.2, 0.25) is 0 Å². The van der Waals surface area contributed by atoms with E-state index in [0.29, 0.717) is 24.3 Å². The minimum Gasteiger partial charge on any atom is -0.367 e. The van der Waals surface area contributed by atoms with Crippen molar-refractivity contribution in [1.29, 1.82) is 0 Å². The Morgan fingerprint density at radius 3 is 2.32 bits per heavy atom. The SMILES string of the molecule is CC(C)(OCCCS(Cl)(Cl)Cl)C(=O)c1ccccc1. The summed E-state index contributed by atoms with van der Waals surface area (Å²) in [5.41, 5.74) is -0.232. The average Bonchev–Trinajstić information content (AvgIpc) is 2.34. The van der Waals surface area contributed by atoms with Gasteiger partial charge < -0.3 is 4.74 Å². The van der Waals surface area contributed by atoms with E-state index in [1.165, 1.54) is 0 Å². The Morgan fingerprint density at radius 2 is 1.79 bits per heavy atom. The number of ketones is 1. The zero-order chi connectivity index (χ0) is 14.5. The molecule has 0 radical (unpaired) electrons. The molecule has 6 heteroatoms. The van der Waals surface area contributed by atoms with Gasteiger partial charge in [-0.05, 0) is 60.0 Å². The molecular weight excluding hydrogens is 327 g/mol. The van der Waals surface area contributed by atoms with E-state index in [1.54, 1.807) is 26.0 Å². The average molecular weight is 344 g/mol. The molecule has 0 aliphatic carbocycles. The summed E-state index contributed by atoms with van der Waals surface area (Å²) >= 11 is 0. The molecule has 0 atom stereocenters. The van der Waals surface area contributed by atoms with Gasteiger partial charge in [0.05, 0.1) is 0 Å². The summed E-state index contributed by atoms with van der Waals surface area (Å²) in [5.74, 6) is 0.433. The minimum atomic E-state index is -2.06. The largest absolute Gasteiger partial charge is 0.367 e. The van der Waals surface area contributed by atoms with Gasteiger partial charge in [-0.1, -0.05) is 30.3 Å². The maximum atomic E-state index is 12.3. The zero-order valence-electron chi connectivity index (χ0n) is 10.9. The lowest BCUT2D eigenvalue weighted by molar-refractivity contribution is -0.00386. The second kappa shape index (κ2) is 7.19. The van der Waals surface area contributed by atoms with Crippen LogP contribution in [-0.4, -0.2) is 23.7 Å². The van der Waals surface area contributed by atoms with Crippen LogP contribution in [0.1, 0.15) is 30.6 Å². The molecule has 0 heterocycles. The van der Waals surface area contributed by atoms with Crippen LogP contribution in [0, 0.1) is 0 Å². The number of hydrogen-bond acceptors (Lipinski definition) is 2. The summed E-state index contributed by atoms with van der Waals surface area (Å²) in [4.78, 5) is 12.3. The fourth-order valence-corrected chi connectivity index (χ4v) is 2.98. The van der Waals surface area contributed by atoms with E-state index in [2.05, 4.69) is 0 Å². The number of carbonyl (C=O) groups is 1. The van der Waals surface area contributed by atoms with Crippen molar-refractivity contribution >= 4 is 45.5 Å². The molecule has 0 fully saturated rings. The van der Waals surface area contributed by atoms with E-state index in [0.717, 1.165) is 0 Å². The Balaban J connectivity index is 2.50. The second-order valence-electron chi connectivity index (χ2n) is 4.61. The number of ether oxygens (including phenoxy) is 1. The first-order valence-electron chi connectivity index (χ1n) is 5.86. The van der Waals surface area contributed by atoms with Crippen LogP contribution < -0.4 is 0 Å². The first kappa shape index (κ1) is 17.1. The Hall–Kier alpha value is 0.0700. The number of benzene rings is 1. The number of rotatable bonds is 7. The Kier molecular flexibility index (Phi) is 6.48. The quantitative estimate of drug-likeness (QED) is 0.494. The number of hydrogen-bond donors (Lipinski definition) is 0. The second-order valence-corrected chi connectivity index (χ2v) is 12.2. The monoisotopic (exact) mass is 342 g/mol. The Bertz CT molecular complexity index is 416. The maximum Gasteiger partial charge on any atom is 0.194 e. The van der Waals surface area contributed by atoms with Crippen molar-refractivity contribution in [2.24, 2.45) is 0 Å². The van der Waals surface area contributed by atoms with E-state index in [4.69, 9.17) is 36.8 Å². The molecule has 2 nitrogen and oxygen atoms in total. The van der Waals surface area contributed by atoms with Crippen molar-refractivity contribution < 1.29 is 9.53 Å². The molecule has 0 aliphatic rings. The molecule has 1 aromatic carbocycles. The normalized spacial score (nSPS) is 13.3. The molecule has 0 unspecified atom stereocenters. The van der Waals surface area contributed by atoms with Gasteiger partial charge in [0.15, 0.2) is 5.78 Å². The van der Waals surface area contributed by atoms with Crippen molar-refractivity contribution in [2.75, 3.05) is 12.4 Å². The molecule has 0 bridgehead atoms. The van der Waals surface area contributed by atoms with E-state index < -0.39 is 13.3 Å². The lowest BCUT2D eigenvalue weighted by Crippen LogP contribution is -2.35. The smallest absolute Gasteiger partial charge is 0.194 e. The maximum absolute atomic E-state index is 12.3. The van der Waals surface area contributed by atoms with Crippen molar-refractivity contribution in [2.45, 2.75) is 25.9 Å². The van der Waals surface area contributed by atoms with Gasteiger partial charge >= 0.3 is 0 Å². The summed E-state index contributed by atoms with van der Waals surface area (Å²) in [6.07, 6.45) is 0.622. The van der Waals surface area contributed by atoms with Gasteiger partial charge in [0.1, 0.15) is 5.60 Å². The van der Waals surface area contributed by atoms with Gasteiger partial charge in [0.2, 0.25) is 0 Å². The lowest BCUT2D eigenvalue weighted by atomic mass is 9.96. The third-order valence-electron chi connectivity index (χ3n) is 2.57. The van der Waals surface area contributed by atoms with Crippen LogP contribution in [-0.2, 0) is 4.74 Å². The molecular formula is C13H17Cl3O2S. The highest BCUT2D eigenvalue weighted by molar-refractivity contribution is 8.79. The van der Waals surface area contributed by atoms with Gasteiger partial charge in [-0.2, -0.15) is 0 Å². The Labute approximate surface area is 129 Å². The van der Waals surface area contributed by atoms with Crippen LogP contribution >= 0.6 is 39.7 Å². The molecule has 0 N–H and O–H groups in total. The van der Waals surface area contributed by atoms with Crippen LogP contribution in [0.4, 0.5) is 0 Å². The van der Waals surface area contributed by atoms with Crippen molar-refractivity contribution in [3.8, 4) is 0 Å². The summed E-state index contributed by atoms with van der Waals surface area (Å²) < 4.78 is 5.63. The standard InChI is InChI=1S/C13H17Cl3O2S/c1-13(2,18-9-6-10-19(14,15)16)12(17)11-7-4-3-5-8-11/h3-5,7-8H,6,9-10H2,1-2H3. The van der Waals surface area contributed by atoms with Crippen molar-refractivity contribution in [3.05, 3.63) is 35.9 Å². The highest BCUT2D eigenvalue weighted by Crippen LogP contribution is 2.63. The van der Waals surface area contributed by atoms with Gasteiger partial charge in [0.25, 0.3) is 0 Å².